The average molecular weight is 585 g/mol. The third-order valence-electron chi connectivity index (χ3n) is 7.09. The number of fused-ring (bicyclic) bond motifs is 1. The summed E-state index contributed by atoms with van der Waals surface area (Å²) in [6.45, 7) is 1.13. The Morgan fingerprint density at radius 3 is 2.12 bits per heavy atom. The van der Waals surface area contributed by atoms with Gasteiger partial charge in [0.25, 0.3) is 5.79 Å². The molecule has 1 saturated heterocycles. The van der Waals surface area contributed by atoms with Crippen LogP contribution in [0.3, 0.4) is 0 Å². The van der Waals surface area contributed by atoms with Gasteiger partial charge < -0.3 is 70.0 Å². The van der Waals surface area contributed by atoms with Gasteiger partial charge in [-0.2, -0.15) is 0 Å². The quantitative estimate of drug-likeness (QED) is 0.135. The van der Waals surface area contributed by atoms with E-state index in [0.29, 0.717) is 0 Å². The van der Waals surface area contributed by atoms with E-state index >= 15 is 0 Å². The molecule has 1 fully saturated rings. The summed E-state index contributed by atoms with van der Waals surface area (Å²) in [5.41, 5.74) is -0.665. The van der Waals surface area contributed by atoms with Crippen molar-refractivity contribution in [2.45, 2.75) is 73.6 Å². The number of benzene rings is 2. The lowest BCUT2D eigenvalue weighted by Gasteiger charge is -2.43. The molecule has 0 saturated carbocycles. The Labute approximate surface area is 232 Å². The van der Waals surface area contributed by atoms with Crippen molar-refractivity contribution >= 4 is 5.78 Å². The number of aliphatic hydroxyl groups is 10. The van der Waals surface area contributed by atoms with Gasteiger partial charge in [-0.1, -0.05) is 30.3 Å². The summed E-state index contributed by atoms with van der Waals surface area (Å²) < 4.78 is 21.7. The average Bonchev–Trinajstić information content (AvgIpc) is 2.95. The highest BCUT2D eigenvalue weighted by molar-refractivity contribution is 6.07. The molecule has 2 aliphatic heterocycles. The highest BCUT2D eigenvalue weighted by Gasteiger charge is 2.62. The lowest BCUT2D eigenvalue weighted by Crippen LogP contribution is -2.64. The van der Waals surface area contributed by atoms with E-state index in [4.69, 9.17) is 18.9 Å². The van der Waals surface area contributed by atoms with Crippen LogP contribution in [0.5, 0.6) is 17.2 Å². The van der Waals surface area contributed by atoms with E-state index in [9.17, 15) is 55.9 Å². The minimum atomic E-state index is -3.46. The molecule has 2 aromatic rings. The molecule has 10 N–H and O–H groups in total. The van der Waals surface area contributed by atoms with Crippen molar-refractivity contribution in [3.63, 3.8) is 0 Å². The van der Waals surface area contributed by atoms with Crippen LogP contribution in [0.4, 0.5) is 0 Å². The van der Waals surface area contributed by atoms with Crippen LogP contribution < -0.4 is 14.2 Å². The maximum atomic E-state index is 13.1. The lowest BCUT2D eigenvalue weighted by atomic mass is 9.86. The van der Waals surface area contributed by atoms with Crippen LogP contribution >= 0.6 is 0 Å². The van der Waals surface area contributed by atoms with Gasteiger partial charge in [0.05, 0.1) is 13.2 Å². The lowest BCUT2D eigenvalue weighted by molar-refractivity contribution is -0.328. The van der Waals surface area contributed by atoms with Crippen molar-refractivity contribution in [3.05, 3.63) is 53.6 Å². The second-order valence-corrected chi connectivity index (χ2v) is 9.88. The molecule has 0 amide bonds. The van der Waals surface area contributed by atoms with E-state index in [-0.39, 0.29) is 17.1 Å². The first-order valence-corrected chi connectivity index (χ1v) is 12.4. The number of hydrogen-bond acceptors (Lipinski definition) is 15. The molecule has 0 radical (unpaired) electrons. The van der Waals surface area contributed by atoms with Gasteiger partial charge in [-0.25, -0.2) is 0 Å². The standard InChI is InChI=1S/C26H32O15/c1-10(27)16(28)17(29)19(31)22-20(32)18(30)21(33)24(40-22)39-12-8-13(38-2)15-14(9-12)41-26(37,25(35,36)23(15)34)11-6-4-3-5-7-11/h3-10,16-22,24,27-33,35-37H,1-2H3/t10-,16-,17+,18+,19-,20+,21-,22-,24?,26?/m1/s1. The van der Waals surface area contributed by atoms with Gasteiger partial charge in [-0.05, 0) is 6.92 Å². The monoisotopic (exact) mass is 584 g/mol. The molecule has 0 bridgehead atoms. The molecule has 0 aromatic heterocycles. The van der Waals surface area contributed by atoms with Gasteiger partial charge in [-0.3, -0.25) is 4.79 Å². The van der Waals surface area contributed by atoms with Gasteiger partial charge >= 0.3 is 5.79 Å². The van der Waals surface area contributed by atoms with Gasteiger partial charge in [0, 0.05) is 17.7 Å². The predicted octanol–water partition coefficient (Wildman–Crippen LogP) is -3.55. The smallest absolute Gasteiger partial charge is 0.301 e. The van der Waals surface area contributed by atoms with Crippen LogP contribution in [0.25, 0.3) is 0 Å². The highest BCUT2D eigenvalue weighted by atomic mass is 16.7. The van der Waals surface area contributed by atoms with E-state index in [1.165, 1.54) is 24.3 Å². The first kappa shape index (κ1) is 31.0. The zero-order valence-electron chi connectivity index (χ0n) is 21.8. The van der Waals surface area contributed by atoms with Crippen molar-refractivity contribution in [3.8, 4) is 17.2 Å². The van der Waals surface area contributed by atoms with Crippen molar-refractivity contribution in [1.29, 1.82) is 0 Å². The number of aliphatic hydroxyl groups excluding tert-OH is 7. The fraction of sp³-hybridized carbons (Fsp3) is 0.500. The van der Waals surface area contributed by atoms with Crippen LogP contribution in [0.1, 0.15) is 22.8 Å². The van der Waals surface area contributed by atoms with E-state index in [2.05, 4.69) is 0 Å². The summed E-state index contributed by atoms with van der Waals surface area (Å²) in [6, 6.07) is 9.13. The maximum Gasteiger partial charge on any atom is 0.301 e. The van der Waals surface area contributed by atoms with E-state index < -0.39 is 83.8 Å². The van der Waals surface area contributed by atoms with E-state index in [0.717, 1.165) is 26.2 Å². The fourth-order valence-corrected chi connectivity index (χ4v) is 4.65. The Balaban J connectivity index is 1.68. The van der Waals surface area contributed by atoms with Crippen LogP contribution in [-0.2, 0) is 10.5 Å². The maximum absolute atomic E-state index is 13.1. The molecular weight excluding hydrogens is 552 g/mol. The Hall–Kier alpha value is -2.93. The molecule has 2 aliphatic rings. The summed E-state index contributed by atoms with van der Waals surface area (Å²) in [5.74, 6) is -8.86. The third-order valence-corrected chi connectivity index (χ3v) is 7.09. The molecular formula is C26H32O15. The summed E-state index contributed by atoms with van der Waals surface area (Å²) in [5, 5.41) is 104. The van der Waals surface area contributed by atoms with Gasteiger partial charge in [-0.15, -0.1) is 0 Å². The molecule has 10 atom stereocenters. The summed E-state index contributed by atoms with van der Waals surface area (Å²) >= 11 is 0. The second kappa shape index (κ2) is 11.4. The second-order valence-electron chi connectivity index (χ2n) is 9.88. The summed E-state index contributed by atoms with van der Waals surface area (Å²) in [7, 11) is 1.13. The fourth-order valence-electron chi connectivity index (χ4n) is 4.65. The van der Waals surface area contributed by atoms with Crippen molar-refractivity contribution in [1.82, 2.24) is 0 Å². The van der Waals surface area contributed by atoms with Crippen LogP contribution in [0.15, 0.2) is 42.5 Å². The van der Waals surface area contributed by atoms with E-state index in [1.54, 1.807) is 6.07 Å². The summed E-state index contributed by atoms with van der Waals surface area (Å²) in [6.07, 6.45) is -17.1. The zero-order chi connectivity index (χ0) is 30.4. The van der Waals surface area contributed by atoms with Gasteiger partial charge in [0.1, 0.15) is 65.5 Å². The molecule has 15 nitrogen and oxygen atoms in total. The molecule has 2 heterocycles. The molecule has 226 valence electrons. The van der Waals surface area contributed by atoms with Crippen LogP contribution in [0.2, 0.25) is 0 Å². The molecule has 0 aliphatic carbocycles. The Morgan fingerprint density at radius 1 is 0.902 bits per heavy atom. The molecule has 2 aromatic carbocycles. The number of rotatable bonds is 8. The van der Waals surface area contributed by atoms with Crippen molar-refractivity contribution in [2.24, 2.45) is 0 Å². The Bertz CT molecular complexity index is 1240. The van der Waals surface area contributed by atoms with Crippen LogP contribution in [0, 0.1) is 0 Å². The number of Topliss-reactive ketones (excluding diaryl/α,β-unsaturated/α-hetero) is 1. The van der Waals surface area contributed by atoms with Gasteiger partial charge in [0.15, 0.2) is 0 Å². The van der Waals surface area contributed by atoms with E-state index in [1.807, 2.05) is 0 Å². The number of carbonyl (C=O) groups excluding carboxylic acids is 1. The first-order valence-electron chi connectivity index (χ1n) is 12.4. The number of ether oxygens (including phenoxy) is 4. The number of methoxy groups -OCH3 is 1. The zero-order valence-corrected chi connectivity index (χ0v) is 21.8. The number of carbonyl (C=O) groups is 1. The topological polar surface area (TPSA) is 256 Å². The summed E-state index contributed by atoms with van der Waals surface area (Å²) in [4.78, 5) is 13.1. The molecule has 2 unspecified atom stereocenters. The van der Waals surface area contributed by atoms with Gasteiger partial charge in [0.2, 0.25) is 12.1 Å². The van der Waals surface area contributed by atoms with Crippen molar-refractivity contribution in [2.75, 3.05) is 7.11 Å². The number of hydrogen-bond donors (Lipinski definition) is 10. The SMILES string of the molecule is COc1cc(OC2O[C@H]([C@H](O)[C@@H](O)[C@H](O)[C@@H](C)O)[C@@H](O)[C@H](O)[C@H]2O)cc2c1C(=O)C(O)(O)C(O)(c1ccccc1)O2. The molecule has 41 heavy (non-hydrogen) atoms. The molecule has 15 heteroatoms. The Morgan fingerprint density at radius 2 is 1.54 bits per heavy atom. The molecule has 4 rings (SSSR count). The largest absolute Gasteiger partial charge is 0.496 e. The number of ketones is 1. The van der Waals surface area contributed by atoms with Crippen molar-refractivity contribution < 1.29 is 74.8 Å². The minimum Gasteiger partial charge on any atom is -0.496 e. The molecule has 0 spiro atoms. The first-order chi connectivity index (χ1) is 19.1. The highest BCUT2D eigenvalue weighted by Crippen LogP contribution is 2.48. The predicted molar refractivity (Wildman–Crippen MR) is 132 cm³/mol. The minimum absolute atomic E-state index is 0.188. The van der Waals surface area contributed by atoms with Crippen LogP contribution in [-0.4, -0.2) is 125 Å². The third kappa shape index (κ3) is 5.26. The normalized spacial score (nSPS) is 32.2. The Kier molecular flexibility index (Phi) is 8.62.